The number of carbonyl (C=O) groups excluding carboxylic acids is 3. The van der Waals surface area contributed by atoms with Crippen molar-refractivity contribution in [3.8, 4) is 0 Å². The van der Waals surface area contributed by atoms with Crippen LogP contribution in [-0.4, -0.2) is 36.3 Å². The van der Waals surface area contributed by atoms with Gasteiger partial charge in [-0.05, 0) is 42.3 Å². The van der Waals surface area contributed by atoms with Gasteiger partial charge < -0.3 is 15.0 Å². The summed E-state index contributed by atoms with van der Waals surface area (Å²) in [4.78, 5) is 37.5. The zero-order chi connectivity index (χ0) is 18.5. The molecule has 0 radical (unpaired) electrons. The number of nitrogens with zero attached hydrogens (tertiary/aromatic N) is 1. The lowest BCUT2D eigenvalue weighted by molar-refractivity contribution is -0.128. The molecular weight excluding hydrogens is 332 g/mol. The van der Waals surface area contributed by atoms with Crippen molar-refractivity contribution in [2.75, 3.05) is 19.0 Å². The molecule has 6 nitrogen and oxygen atoms in total. The van der Waals surface area contributed by atoms with Crippen LogP contribution in [0.25, 0.3) is 0 Å². The number of methoxy groups -OCH3 is 1. The van der Waals surface area contributed by atoms with E-state index in [0.717, 1.165) is 18.5 Å². The highest BCUT2D eigenvalue weighted by molar-refractivity contribution is 6.04. The van der Waals surface area contributed by atoms with E-state index in [2.05, 4.69) is 10.1 Å². The molecule has 0 aromatic heterocycles. The summed E-state index contributed by atoms with van der Waals surface area (Å²) >= 11 is 0. The average Bonchev–Trinajstić information content (AvgIpc) is 3.06. The fraction of sp³-hybridized carbons (Fsp3) is 0.250. The molecule has 0 bridgehead atoms. The van der Waals surface area contributed by atoms with Crippen LogP contribution in [0.15, 0.2) is 48.5 Å². The Hall–Kier alpha value is -3.15. The van der Waals surface area contributed by atoms with Gasteiger partial charge in [0.1, 0.15) is 0 Å². The van der Waals surface area contributed by atoms with Crippen molar-refractivity contribution in [3.63, 3.8) is 0 Å². The van der Waals surface area contributed by atoms with Crippen molar-refractivity contribution < 1.29 is 19.1 Å². The second kappa shape index (κ2) is 7.82. The van der Waals surface area contributed by atoms with Gasteiger partial charge in [-0.15, -0.1) is 0 Å². The first-order valence-electron chi connectivity index (χ1n) is 8.43. The van der Waals surface area contributed by atoms with Crippen LogP contribution in [0.4, 0.5) is 5.69 Å². The van der Waals surface area contributed by atoms with E-state index in [-0.39, 0.29) is 11.8 Å². The fourth-order valence-corrected chi connectivity index (χ4v) is 2.90. The molecule has 2 aromatic rings. The molecule has 0 spiro atoms. The monoisotopic (exact) mass is 352 g/mol. The van der Waals surface area contributed by atoms with Gasteiger partial charge in [-0.25, -0.2) is 4.79 Å². The second-order valence-corrected chi connectivity index (χ2v) is 6.14. The van der Waals surface area contributed by atoms with Crippen molar-refractivity contribution in [1.29, 1.82) is 0 Å². The Morgan fingerprint density at radius 2 is 1.88 bits per heavy atom. The summed E-state index contributed by atoms with van der Waals surface area (Å²) in [6, 6.07) is 13.7. The number of likely N-dealkylation sites (tertiary alicyclic amines) is 1. The molecule has 6 heteroatoms. The van der Waals surface area contributed by atoms with E-state index < -0.39 is 5.97 Å². The van der Waals surface area contributed by atoms with Crippen LogP contribution in [0.2, 0.25) is 0 Å². The zero-order valence-corrected chi connectivity index (χ0v) is 14.5. The molecule has 0 atom stereocenters. The van der Waals surface area contributed by atoms with Gasteiger partial charge in [0, 0.05) is 30.8 Å². The third-order valence-electron chi connectivity index (χ3n) is 4.30. The van der Waals surface area contributed by atoms with Crippen LogP contribution < -0.4 is 5.32 Å². The molecule has 1 N–H and O–H groups in total. The molecule has 26 heavy (non-hydrogen) atoms. The second-order valence-electron chi connectivity index (χ2n) is 6.14. The Labute approximate surface area is 151 Å². The normalized spacial score (nSPS) is 13.6. The Morgan fingerprint density at radius 3 is 2.54 bits per heavy atom. The molecule has 134 valence electrons. The maximum Gasteiger partial charge on any atom is 0.337 e. The van der Waals surface area contributed by atoms with Gasteiger partial charge in [0.2, 0.25) is 5.91 Å². The maximum atomic E-state index is 12.4. The van der Waals surface area contributed by atoms with Crippen molar-refractivity contribution in [2.45, 2.75) is 19.4 Å². The van der Waals surface area contributed by atoms with Gasteiger partial charge in [0.15, 0.2) is 0 Å². The van der Waals surface area contributed by atoms with Gasteiger partial charge in [0.05, 0.1) is 12.7 Å². The van der Waals surface area contributed by atoms with Crippen LogP contribution in [0, 0.1) is 0 Å². The molecule has 1 aliphatic rings. The lowest BCUT2D eigenvalue weighted by Gasteiger charge is -2.15. The minimum Gasteiger partial charge on any atom is -0.465 e. The molecule has 0 aliphatic carbocycles. The summed E-state index contributed by atoms with van der Waals surface area (Å²) in [6.45, 7) is 1.36. The molecule has 0 saturated carbocycles. The summed E-state index contributed by atoms with van der Waals surface area (Å²) < 4.78 is 4.68. The Morgan fingerprint density at radius 1 is 1.12 bits per heavy atom. The molecule has 3 rings (SSSR count). The first-order chi connectivity index (χ1) is 12.6. The molecule has 2 aromatic carbocycles. The lowest BCUT2D eigenvalue weighted by atomic mass is 10.1. The van der Waals surface area contributed by atoms with Crippen molar-refractivity contribution in [3.05, 3.63) is 65.2 Å². The van der Waals surface area contributed by atoms with E-state index in [1.54, 1.807) is 36.4 Å². The number of rotatable bonds is 5. The van der Waals surface area contributed by atoms with E-state index in [1.165, 1.54) is 7.11 Å². The summed E-state index contributed by atoms with van der Waals surface area (Å²) in [7, 11) is 1.31. The number of hydrogen-bond donors (Lipinski definition) is 1. The van der Waals surface area contributed by atoms with Gasteiger partial charge in [-0.3, -0.25) is 9.59 Å². The predicted octanol–water partition coefficient (Wildman–Crippen LogP) is 2.85. The van der Waals surface area contributed by atoms with Crippen LogP contribution in [-0.2, 0) is 16.1 Å². The fourth-order valence-electron chi connectivity index (χ4n) is 2.90. The molecular formula is C20H20N2O4. The Bertz CT molecular complexity index is 830. The van der Waals surface area contributed by atoms with Crippen LogP contribution in [0.5, 0.6) is 0 Å². The summed E-state index contributed by atoms with van der Waals surface area (Å²) in [6.07, 6.45) is 1.52. The minimum absolute atomic E-state index is 0.178. The number of nitrogens with one attached hydrogen (secondary N) is 1. The topological polar surface area (TPSA) is 75.7 Å². The smallest absolute Gasteiger partial charge is 0.337 e. The SMILES string of the molecule is COC(=O)c1cccc(NC(=O)c2ccc(CN3CCCC3=O)cc2)c1. The highest BCUT2D eigenvalue weighted by Crippen LogP contribution is 2.16. The summed E-state index contributed by atoms with van der Waals surface area (Å²) in [5, 5.41) is 2.77. The van der Waals surface area contributed by atoms with Gasteiger partial charge in [-0.2, -0.15) is 0 Å². The Kier molecular flexibility index (Phi) is 5.31. The van der Waals surface area contributed by atoms with Crippen molar-refractivity contribution >= 4 is 23.5 Å². The first kappa shape index (κ1) is 17.7. The Balaban J connectivity index is 1.65. The maximum absolute atomic E-state index is 12.4. The van der Waals surface area contributed by atoms with Crippen LogP contribution >= 0.6 is 0 Å². The molecule has 1 saturated heterocycles. The van der Waals surface area contributed by atoms with Gasteiger partial charge in [0.25, 0.3) is 5.91 Å². The number of esters is 1. The molecule has 1 aliphatic heterocycles. The van der Waals surface area contributed by atoms with E-state index in [0.29, 0.717) is 29.8 Å². The highest BCUT2D eigenvalue weighted by Gasteiger charge is 2.20. The van der Waals surface area contributed by atoms with Gasteiger partial charge >= 0.3 is 5.97 Å². The lowest BCUT2D eigenvalue weighted by Crippen LogP contribution is -2.23. The summed E-state index contributed by atoms with van der Waals surface area (Å²) in [5.74, 6) is -0.546. The van der Waals surface area contributed by atoms with E-state index in [9.17, 15) is 14.4 Å². The number of anilines is 1. The minimum atomic E-state index is -0.457. The van der Waals surface area contributed by atoms with Crippen molar-refractivity contribution in [2.24, 2.45) is 0 Å². The average molecular weight is 352 g/mol. The third-order valence-corrected chi connectivity index (χ3v) is 4.30. The van der Waals surface area contributed by atoms with E-state index in [1.807, 2.05) is 17.0 Å². The van der Waals surface area contributed by atoms with E-state index >= 15 is 0 Å². The number of ether oxygens (including phenoxy) is 1. The molecule has 1 fully saturated rings. The van der Waals surface area contributed by atoms with Gasteiger partial charge in [-0.1, -0.05) is 18.2 Å². The third kappa shape index (κ3) is 4.08. The first-order valence-corrected chi connectivity index (χ1v) is 8.43. The molecule has 2 amide bonds. The highest BCUT2D eigenvalue weighted by atomic mass is 16.5. The number of amides is 2. The number of carbonyl (C=O) groups is 3. The predicted molar refractivity (Wildman–Crippen MR) is 96.8 cm³/mol. The number of hydrogen-bond acceptors (Lipinski definition) is 4. The van der Waals surface area contributed by atoms with Crippen LogP contribution in [0.3, 0.4) is 0 Å². The number of benzene rings is 2. The molecule has 1 heterocycles. The largest absolute Gasteiger partial charge is 0.465 e. The zero-order valence-electron chi connectivity index (χ0n) is 14.5. The standard InChI is InChI=1S/C20H20N2O4/c1-26-20(25)16-4-2-5-17(12-16)21-19(24)15-9-7-14(8-10-15)13-22-11-3-6-18(22)23/h2,4-5,7-10,12H,3,6,11,13H2,1H3,(H,21,24). The van der Waals surface area contributed by atoms with Crippen LogP contribution in [0.1, 0.15) is 39.1 Å². The summed E-state index contributed by atoms with van der Waals surface area (Å²) in [5.41, 5.74) is 2.38. The van der Waals surface area contributed by atoms with Crippen molar-refractivity contribution in [1.82, 2.24) is 4.90 Å². The molecule has 0 unspecified atom stereocenters. The van der Waals surface area contributed by atoms with E-state index in [4.69, 9.17) is 0 Å². The quantitative estimate of drug-likeness (QED) is 0.840.